The van der Waals surface area contributed by atoms with Crippen LogP contribution in [-0.4, -0.2) is 24.1 Å². The molecule has 0 radical (unpaired) electrons. The Morgan fingerprint density at radius 3 is 2.81 bits per heavy atom. The average Bonchev–Trinajstić information content (AvgIpc) is 2.45. The molecule has 1 aromatic rings. The summed E-state index contributed by atoms with van der Waals surface area (Å²) in [5.41, 5.74) is 4.03. The lowest BCUT2D eigenvalue weighted by Gasteiger charge is -2.28. The maximum absolute atomic E-state index is 4.88. The molecule has 1 aliphatic rings. The van der Waals surface area contributed by atoms with Crippen LogP contribution in [0.4, 0.5) is 5.82 Å². The van der Waals surface area contributed by atoms with Gasteiger partial charge in [0, 0.05) is 31.4 Å². The summed E-state index contributed by atoms with van der Waals surface area (Å²) in [6, 6.07) is 5.03. The van der Waals surface area contributed by atoms with Crippen molar-refractivity contribution in [3.05, 3.63) is 35.0 Å². The predicted molar refractivity (Wildman–Crippen MR) is 90.8 cm³/mol. The average molecular weight is 287 g/mol. The molecule has 3 nitrogen and oxygen atoms in total. The monoisotopic (exact) mass is 287 g/mol. The molecule has 1 N–H and O–H groups in total. The third-order valence-corrected chi connectivity index (χ3v) is 3.80. The van der Waals surface area contributed by atoms with Crippen LogP contribution in [-0.2, 0) is 13.0 Å². The normalized spacial score (nSPS) is 15.5. The first-order valence-electron chi connectivity index (χ1n) is 8.22. The molecule has 116 valence electrons. The van der Waals surface area contributed by atoms with Crippen molar-refractivity contribution in [2.45, 2.75) is 59.5 Å². The highest BCUT2D eigenvalue weighted by Crippen LogP contribution is 2.20. The molecule has 0 aromatic carbocycles. The van der Waals surface area contributed by atoms with Crippen molar-refractivity contribution in [3.63, 3.8) is 0 Å². The van der Waals surface area contributed by atoms with Crippen LogP contribution in [0.1, 0.15) is 51.8 Å². The molecule has 0 saturated heterocycles. The van der Waals surface area contributed by atoms with Crippen LogP contribution in [0.25, 0.3) is 0 Å². The van der Waals surface area contributed by atoms with Gasteiger partial charge < -0.3 is 10.2 Å². The van der Waals surface area contributed by atoms with Crippen molar-refractivity contribution in [1.82, 2.24) is 10.3 Å². The third kappa shape index (κ3) is 4.85. The van der Waals surface area contributed by atoms with E-state index in [0.717, 1.165) is 44.7 Å². The van der Waals surface area contributed by atoms with Gasteiger partial charge in [0.1, 0.15) is 5.82 Å². The summed E-state index contributed by atoms with van der Waals surface area (Å²) in [5, 5.41) is 3.51. The first kappa shape index (κ1) is 16.0. The van der Waals surface area contributed by atoms with Gasteiger partial charge in [-0.3, -0.25) is 0 Å². The fraction of sp³-hybridized carbons (Fsp3) is 0.611. The molecule has 21 heavy (non-hydrogen) atoms. The lowest BCUT2D eigenvalue weighted by Crippen LogP contribution is -2.30. The number of hydrogen-bond donors (Lipinski definition) is 1. The van der Waals surface area contributed by atoms with Crippen LogP contribution >= 0.6 is 0 Å². The topological polar surface area (TPSA) is 28.2 Å². The standard InChI is InChI=1S/C18H29N3/c1-5-7-17-10-16(12-19-14(2)3)11-18(20-17)21-9-6-8-15(4)13-21/h8,10-11,14,19H,5-7,9,12-13H2,1-4H3. The molecule has 0 unspecified atom stereocenters. The van der Waals surface area contributed by atoms with E-state index >= 15 is 0 Å². The lowest BCUT2D eigenvalue weighted by atomic mass is 10.1. The summed E-state index contributed by atoms with van der Waals surface area (Å²) < 4.78 is 0. The Morgan fingerprint density at radius 2 is 2.14 bits per heavy atom. The maximum Gasteiger partial charge on any atom is 0.129 e. The quantitative estimate of drug-likeness (QED) is 0.809. The summed E-state index contributed by atoms with van der Waals surface area (Å²) in [6.07, 6.45) is 5.68. The summed E-state index contributed by atoms with van der Waals surface area (Å²) in [4.78, 5) is 7.29. The predicted octanol–water partition coefficient (Wildman–Crippen LogP) is 3.69. The van der Waals surface area contributed by atoms with Gasteiger partial charge in [-0.05, 0) is 37.5 Å². The number of aryl methyl sites for hydroxylation is 1. The molecule has 0 fully saturated rings. The number of pyridine rings is 1. The van der Waals surface area contributed by atoms with E-state index in [0.29, 0.717) is 6.04 Å². The Bertz CT molecular complexity index is 491. The van der Waals surface area contributed by atoms with E-state index in [-0.39, 0.29) is 0 Å². The van der Waals surface area contributed by atoms with Gasteiger partial charge in [0.15, 0.2) is 0 Å². The second-order valence-electron chi connectivity index (χ2n) is 6.37. The van der Waals surface area contributed by atoms with E-state index in [1.807, 2.05) is 0 Å². The highest BCUT2D eigenvalue weighted by Gasteiger charge is 2.14. The number of rotatable bonds is 6. The zero-order valence-corrected chi connectivity index (χ0v) is 13.9. The minimum Gasteiger partial charge on any atom is -0.352 e. The fourth-order valence-corrected chi connectivity index (χ4v) is 2.71. The van der Waals surface area contributed by atoms with Crippen molar-refractivity contribution in [3.8, 4) is 0 Å². The lowest BCUT2D eigenvalue weighted by molar-refractivity contribution is 0.587. The molecular formula is C18H29N3. The van der Waals surface area contributed by atoms with Gasteiger partial charge in [-0.25, -0.2) is 4.98 Å². The van der Waals surface area contributed by atoms with Gasteiger partial charge >= 0.3 is 0 Å². The minimum atomic E-state index is 0.511. The summed E-state index contributed by atoms with van der Waals surface area (Å²) in [6.45, 7) is 11.8. The van der Waals surface area contributed by atoms with Crippen LogP contribution in [0.5, 0.6) is 0 Å². The number of hydrogen-bond acceptors (Lipinski definition) is 3. The van der Waals surface area contributed by atoms with Gasteiger partial charge in [-0.2, -0.15) is 0 Å². The van der Waals surface area contributed by atoms with E-state index in [1.54, 1.807) is 0 Å². The molecule has 1 aliphatic heterocycles. The maximum atomic E-state index is 4.88. The number of aromatic nitrogens is 1. The van der Waals surface area contributed by atoms with Crippen molar-refractivity contribution in [2.24, 2.45) is 0 Å². The second-order valence-corrected chi connectivity index (χ2v) is 6.37. The number of anilines is 1. The molecule has 0 bridgehead atoms. The Morgan fingerprint density at radius 1 is 1.33 bits per heavy atom. The smallest absolute Gasteiger partial charge is 0.129 e. The summed E-state index contributed by atoms with van der Waals surface area (Å²) >= 11 is 0. The first-order valence-corrected chi connectivity index (χ1v) is 8.22. The van der Waals surface area contributed by atoms with Crippen molar-refractivity contribution in [1.29, 1.82) is 0 Å². The molecule has 2 heterocycles. The molecule has 3 heteroatoms. The van der Waals surface area contributed by atoms with E-state index < -0.39 is 0 Å². The van der Waals surface area contributed by atoms with Gasteiger partial charge in [-0.15, -0.1) is 0 Å². The molecule has 0 spiro atoms. The van der Waals surface area contributed by atoms with E-state index in [9.17, 15) is 0 Å². The van der Waals surface area contributed by atoms with Gasteiger partial charge in [0.25, 0.3) is 0 Å². The Balaban J connectivity index is 2.20. The first-order chi connectivity index (χ1) is 10.1. The highest BCUT2D eigenvalue weighted by molar-refractivity contribution is 5.45. The van der Waals surface area contributed by atoms with E-state index in [4.69, 9.17) is 4.98 Å². The van der Waals surface area contributed by atoms with E-state index in [2.05, 4.69) is 56.1 Å². The highest BCUT2D eigenvalue weighted by atomic mass is 15.2. The fourth-order valence-electron chi connectivity index (χ4n) is 2.71. The summed E-state index contributed by atoms with van der Waals surface area (Å²) in [7, 11) is 0. The molecule has 0 saturated carbocycles. The summed E-state index contributed by atoms with van der Waals surface area (Å²) in [5.74, 6) is 1.15. The zero-order valence-electron chi connectivity index (χ0n) is 13.9. The van der Waals surface area contributed by atoms with Crippen LogP contribution < -0.4 is 10.2 Å². The largest absolute Gasteiger partial charge is 0.352 e. The van der Waals surface area contributed by atoms with Crippen molar-refractivity contribution in [2.75, 3.05) is 18.0 Å². The Labute approximate surface area is 129 Å². The van der Waals surface area contributed by atoms with E-state index in [1.165, 1.54) is 16.8 Å². The molecule has 0 atom stereocenters. The SMILES string of the molecule is CCCc1cc(CNC(C)C)cc(N2CCC=C(C)C2)n1. The van der Waals surface area contributed by atoms with Gasteiger partial charge in [-0.1, -0.05) is 38.8 Å². The zero-order chi connectivity index (χ0) is 15.2. The number of nitrogens with one attached hydrogen (secondary N) is 1. The van der Waals surface area contributed by atoms with Crippen molar-refractivity contribution >= 4 is 5.82 Å². The molecule has 2 rings (SSSR count). The van der Waals surface area contributed by atoms with Crippen LogP contribution in [0.2, 0.25) is 0 Å². The Kier molecular flexibility index (Phi) is 5.80. The molecule has 1 aromatic heterocycles. The van der Waals surface area contributed by atoms with Crippen LogP contribution in [0.15, 0.2) is 23.8 Å². The molecule has 0 aliphatic carbocycles. The molecular weight excluding hydrogens is 258 g/mol. The van der Waals surface area contributed by atoms with Crippen LogP contribution in [0.3, 0.4) is 0 Å². The third-order valence-electron chi connectivity index (χ3n) is 3.80. The van der Waals surface area contributed by atoms with Gasteiger partial charge in [0.05, 0.1) is 0 Å². The minimum absolute atomic E-state index is 0.511. The second kappa shape index (κ2) is 7.60. The van der Waals surface area contributed by atoms with Crippen LogP contribution in [0, 0.1) is 0 Å². The van der Waals surface area contributed by atoms with Gasteiger partial charge in [0.2, 0.25) is 0 Å². The molecule has 0 amide bonds. The number of nitrogens with zero attached hydrogens (tertiary/aromatic N) is 2. The van der Waals surface area contributed by atoms with Crippen molar-refractivity contribution < 1.29 is 0 Å². The Hall–Kier alpha value is -1.35.